The Hall–Kier alpha value is -0.198. The second-order valence-corrected chi connectivity index (χ2v) is 14.8. The zero-order chi connectivity index (χ0) is 19.4. The molecule has 0 aromatic heterocycles. The van der Waals surface area contributed by atoms with Crippen molar-refractivity contribution >= 4 is 44.1 Å². The molecule has 25 heavy (non-hydrogen) atoms. The molecule has 3 nitrogen and oxygen atoms in total. The van der Waals surface area contributed by atoms with Crippen LogP contribution in [0, 0.1) is 0 Å². The standard InChI is InChI=1S/C18H29BCl2O3Si/c1-16(2,3)25(8,9)22-15-13(20)10-12(11-14(15)21)19-23-17(4,5)18(6,7)24-19/h10-11H,1-9H3. The van der Waals surface area contributed by atoms with Gasteiger partial charge in [-0.2, -0.15) is 0 Å². The molecule has 2 rings (SSSR count). The highest BCUT2D eigenvalue weighted by atomic mass is 35.5. The molecule has 1 fully saturated rings. The zero-order valence-electron chi connectivity index (χ0n) is 16.7. The van der Waals surface area contributed by atoms with E-state index in [1.807, 2.05) is 39.8 Å². The Morgan fingerprint density at radius 1 is 0.960 bits per heavy atom. The molecule has 0 amide bonds. The van der Waals surface area contributed by atoms with Crippen molar-refractivity contribution in [2.75, 3.05) is 0 Å². The van der Waals surface area contributed by atoms with E-state index in [0.717, 1.165) is 5.46 Å². The van der Waals surface area contributed by atoms with Crippen LogP contribution in [-0.4, -0.2) is 26.6 Å². The van der Waals surface area contributed by atoms with Gasteiger partial charge >= 0.3 is 7.12 Å². The van der Waals surface area contributed by atoms with Crippen LogP contribution in [0.1, 0.15) is 48.5 Å². The first-order chi connectivity index (χ1) is 11.1. The lowest BCUT2D eigenvalue weighted by Crippen LogP contribution is -2.44. The molecule has 0 aliphatic carbocycles. The largest absolute Gasteiger partial charge is 0.542 e. The van der Waals surface area contributed by atoms with Crippen molar-refractivity contribution in [1.82, 2.24) is 0 Å². The molecule has 140 valence electrons. The van der Waals surface area contributed by atoms with Crippen molar-refractivity contribution in [2.24, 2.45) is 0 Å². The van der Waals surface area contributed by atoms with Gasteiger partial charge in [0.25, 0.3) is 8.32 Å². The number of rotatable bonds is 3. The predicted octanol–water partition coefficient (Wildman–Crippen LogP) is 5.68. The molecule has 0 saturated carbocycles. The topological polar surface area (TPSA) is 27.7 Å². The molecule has 0 spiro atoms. The summed E-state index contributed by atoms with van der Waals surface area (Å²) in [6.45, 7) is 19.0. The molecule has 0 unspecified atom stereocenters. The second-order valence-electron chi connectivity index (χ2n) is 9.26. The van der Waals surface area contributed by atoms with Gasteiger partial charge in [0.05, 0.1) is 21.2 Å². The van der Waals surface area contributed by atoms with Crippen molar-refractivity contribution in [1.29, 1.82) is 0 Å². The summed E-state index contributed by atoms with van der Waals surface area (Å²) in [6.07, 6.45) is 0. The van der Waals surface area contributed by atoms with E-state index in [1.54, 1.807) is 0 Å². The lowest BCUT2D eigenvalue weighted by Gasteiger charge is -2.37. The van der Waals surface area contributed by atoms with Crippen LogP contribution in [0.4, 0.5) is 0 Å². The highest BCUT2D eigenvalue weighted by Gasteiger charge is 2.52. The Labute approximate surface area is 163 Å². The van der Waals surface area contributed by atoms with E-state index >= 15 is 0 Å². The third-order valence-corrected chi connectivity index (χ3v) is 10.6. The third kappa shape index (κ3) is 4.06. The fraction of sp³-hybridized carbons (Fsp3) is 0.667. The number of hydrogen-bond acceptors (Lipinski definition) is 3. The molecule has 0 bridgehead atoms. The fourth-order valence-corrected chi connectivity index (χ4v) is 3.95. The van der Waals surface area contributed by atoms with Crippen molar-refractivity contribution in [2.45, 2.75) is 77.8 Å². The molecule has 0 radical (unpaired) electrons. The third-order valence-electron chi connectivity index (χ3n) is 5.71. The highest BCUT2D eigenvalue weighted by molar-refractivity contribution is 6.75. The fourth-order valence-electron chi connectivity index (χ4n) is 2.20. The number of hydrogen-bond donors (Lipinski definition) is 0. The molecule has 0 N–H and O–H groups in total. The highest BCUT2D eigenvalue weighted by Crippen LogP contribution is 2.42. The quantitative estimate of drug-likeness (QED) is 0.608. The van der Waals surface area contributed by atoms with Gasteiger partial charge in [0.15, 0.2) is 0 Å². The molecule has 1 heterocycles. The lowest BCUT2D eigenvalue weighted by atomic mass is 9.79. The average molecular weight is 403 g/mol. The van der Waals surface area contributed by atoms with Crippen LogP contribution in [0.15, 0.2) is 12.1 Å². The maximum atomic E-state index is 6.51. The van der Waals surface area contributed by atoms with Crippen LogP contribution in [-0.2, 0) is 9.31 Å². The molecule has 0 atom stereocenters. The van der Waals surface area contributed by atoms with Crippen molar-refractivity contribution < 1.29 is 13.7 Å². The van der Waals surface area contributed by atoms with Gasteiger partial charge in [0.2, 0.25) is 0 Å². The van der Waals surface area contributed by atoms with E-state index in [1.165, 1.54) is 0 Å². The summed E-state index contributed by atoms with van der Waals surface area (Å²) >= 11 is 13.0. The van der Waals surface area contributed by atoms with Crippen molar-refractivity contribution in [3.63, 3.8) is 0 Å². The van der Waals surface area contributed by atoms with Gasteiger partial charge in [-0.25, -0.2) is 0 Å². The minimum absolute atomic E-state index is 0.0596. The van der Waals surface area contributed by atoms with Crippen LogP contribution in [0.2, 0.25) is 28.2 Å². The normalized spacial score (nSPS) is 20.0. The minimum Gasteiger partial charge on any atom is -0.542 e. The summed E-state index contributed by atoms with van der Waals surface area (Å²) in [7, 11) is -2.53. The smallest absolute Gasteiger partial charge is 0.494 e. The van der Waals surface area contributed by atoms with Crippen LogP contribution in [0.3, 0.4) is 0 Å². The molecular formula is C18H29BCl2O3Si. The molecule has 1 aliphatic rings. The van der Waals surface area contributed by atoms with Gasteiger partial charge in [-0.1, -0.05) is 44.0 Å². The Morgan fingerprint density at radius 2 is 1.36 bits per heavy atom. The summed E-state index contributed by atoms with van der Waals surface area (Å²) < 4.78 is 18.5. The average Bonchev–Trinajstić information content (AvgIpc) is 2.61. The molecule has 7 heteroatoms. The molecule has 1 aliphatic heterocycles. The summed E-state index contributed by atoms with van der Waals surface area (Å²) in [6, 6.07) is 3.66. The van der Waals surface area contributed by atoms with E-state index in [4.69, 9.17) is 36.9 Å². The predicted molar refractivity (Wildman–Crippen MR) is 110 cm³/mol. The van der Waals surface area contributed by atoms with Gasteiger partial charge in [-0.15, -0.1) is 0 Å². The molecule has 1 aromatic carbocycles. The summed E-state index contributed by atoms with van der Waals surface area (Å²) in [4.78, 5) is 0. The Bertz CT molecular complexity index is 630. The van der Waals surface area contributed by atoms with E-state index in [-0.39, 0.29) is 5.04 Å². The SMILES string of the molecule is CC1(C)OB(c2cc(Cl)c(O[Si](C)(C)C(C)(C)C)c(Cl)c2)OC1(C)C. The van der Waals surface area contributed by atoms with Crippen LogP contribution in [0.5, 0.6) is 5.75 Å². The minimum atomic E-state index is -2.03. The Balaban J connectivity index is 2.33. The second kappa shape index (κ2) is 6.45. The zero-order valence-corrected chi connectivity index (χ0v) is 19.2. The number of benzene rings is 1. The van der Waals surface area contributed by atoms with E-state index in [9.17, 15) is 0 Å². The van der Waals surface area contributed by atoms with Gasteiger partial charge in [0.1, 0.15) is 5.75 Å². The summed E-state index contributed by atoms with van der Waals surface area (Å²) in [5, 5.41) is 1.04. The first kappa shape index (κ1) is 21.1. The molecule has 1 aromatic rings. The number of halogens is 2. The molecular weight excluding hydrogens is 374 g/mol. The van der Waals surface area contributed by atoms with E-state index in [2.05, 4.69) is 33.9 Å². The van der Waals surface area contributed by atoms with Crippen LogP contribution < -0.4 is 9.89 Å². The van der Waals surface area contributed by atoms with Gasteiger partial charge in [0, 0.05) is 0 Å². The van der Waals surface area contributed by atoms with Crippen molar-refractivity contribution in [3.8, 4) is 5.75 Å². The van der Waals surface area contributed by atoms with Crippen molar-refractivity contribution in [3.05, 3.63) is 22.2 Å². The first-order valence-electron chi connectivity index (χ1n) is 8.61. The van der Waals surface area contributed by atoms with Gasteiger partial charge in [-0.3, -0.25) is 0 Å². The Morgan fingerprint density at radius 3 is 1.72 bits per heavy atom. The van der Waals surface area contributed by atoms with E-state index in [0.29, 0.717) is 15.8 Å². The van der Waals surface area contributed by atoms with Gasteiger partial charge < -0.3 is 13.7 Å². The van der Waals surface area contributed by atoms with E-state index < -0.39 is 26.6 Å². The summed E-state index contributed by atoms with van der Waals surface area (Å²) in [5.74, 6) is 0.551. The van der Waals surface area contributed by atoms with Crippen LogP contribution >= 0.6 is 23.2 Å². The summed E-state index contributed by atoms with van der Waals surface area (Å²) in [5.41, 5.74) is -0.0175. The monoisotopic (exact) mass is 402 g/mol. The lowest BCUT2D eigenvalue weighted by molar-refractivity contribution is 0.00578. The maximum absolute atomic E-state index is 6.51. The molecule has 1 saturated heterocycles. The maximum Gasteiger partial charge on any atom is 0.494 e. The van der Waals surface area contributed by atoms with Crippen LogP contribution in [0.25, 0.3) is 0 Å². The van der Waals surface area contributed by atoms with Gasteiger partial charge in [-0.05, 0) is 63.4 Å². The first-order valence-corrected chi connectivity index (χ1v) is 12.3. The Kier molecular flexibility index (Phi) is 5.45.